The summed E-state index contributed by atoms with van der Waals surface area (Å²) in [6, 6.07) is 5.64. The first-order chi connectivity index (χ1) is 7.66. The molecule has 0 atom stereocenters. The van der Waals surface area contributed by atoms with Gasteiger partial charge < -0.3 is 9.47 Å². The number of ether oxygens (including phenoxy) is 2. The van der Waals surface area contributed by atoms with E-state index < -0.39 is 6.36 Å². The molecule has 96 valence electrons. The van der Waals surface area contributed by atoms with Gasteiger partial charge in [0, 0.05) is 0 Å². The molecule has 0 amide bonds. The lowest BCUT2D eigenvalue weighted by molar-refractivity contribution is -0.274. The molecule has 0 aliphatic heterocycles. The van der Waals surface area contributed by atoms with Gasteiger partial charge in [0.05, 0.1) is 12.2 Å². The lowest BCUT2D eigenvalue weighted by atomic mass is 10.2. The minimum atomic E-state index is -4.65. The average molecular weight is 248 g/mol. The van der Waals surface area contributed by atoms with E-state index in [4.69, 9.17) is 4.74 Å². The highest BCUT2D eigenvalue weighted by Gasteiger charge is 2.30. The summed E-state index contributed by atoms with van der Waals surface area (Å²) < 4.78 is 45.0. The van der Waals surface area contributed by atoms with Gasteiger partial charge in [0.25, 0.3) is 0 Å². The van der Waals surface area contributed by atoms with E-state index in [0.717, 1.165) is 5.56 Å². The van der Waals surface area contributed by atoms with Crippen LogP contribution in [0.1, 0.15) is 26.3 Å². The Kier molecular flexibility index (Phi) is 4.03. The number of alkyl halides is 3. The minimum Gasteiger partial charge on any atom is -0.406 e. The van der Waals surface area contributed by atoms with Crippen molar-refractivity contribution in [3.63, 3.8) is 0 Å². The molecule has 1 rings (SSSR count). The Bertz CT molecular complexity index is 349. The fourth-order valence-corrected chi connectivity index (χ4v) is 1.09. The Hall–Kier alpha value is -1.23. The average Bonchev–Trinajstić information content (AvgIpc) is 2.13. The molecule has 2 nitrogen and oxygen atoms in total. The normalized spacial score (nSPS) is 12.6. The number of benzene rings is 1. The number of hydrogen-bond acceptors (Lipinski definition) is 2. The van der Waals surface area contributed by atoms with Gasteiger partial charge >= 0.3 is 6.36 Å². The van der Waals surface area contributed by atoms with Crippen LogP contribution in [0.2, 0.25) is 0 Å². The van der Waals surface area contributed by atoms with Crippen LogP contribution in [0.3, 0.4) is 0 Å². The lowest BCUT2D eigenvalue weighted by Gasteiger charge is -2.19. The van der Waals surface area contributed by atoms with Crippen LogP contribution in [0.4, 0.5) is 13.2 Å². The molecule has 0 saturated heterocycles. The van der Waals surface area contributed by atoms with Gasteiger partial charge in [-0.3, -0.25) is 0 Å². The topological polar surface area (TPSA) is 18.5 Å². The molecule has 0 N–H and O–H groups in total. The van der Waals surface area contributed by atoms with Crippen LogP contribution in [0.25, 0.3) is 0 Å². The summed E-state index contributed by atoms with van der Waals surface area (Å²) in [7, 11) is 0. The van der Waals surface area contributed by atoms with Crippen LogP contribution < -0.4 is 4.74 Å². The summed E-state index contributed by atoms with van der Waals surface area (Å²) in [4.78, 5) is 0. The standard InChI is InChI=1S/C12H15F3O2/c1-11(2,3)16-8-9-4-6-10(7-5-9)17-12(13,14)15/h4-7H,8H2,1-3H3. The predicted molar refractivity (Wildman–Crippen MR) is 57.7 cm³/mol. The van der Waals surface area contributed by atoms with Gasteiger partial charge in [0.1, 0.15) is 5.75 Å². The van der Waals surface area contributed by atoms with Crippen molar-refractivity contribution in [1.82, 2.24) is 0 Å². The first-order valence-electron chi connectivity index (χ1n) is 5.14. The Labute approximate surface area is 98.3 Å². The molecule has 0 radical (unpaired) electrons. The Morgan fingerprint density at radius 2 is 1.53 bits per heavy atom. The van der Waals surface area contributed by atoms with Gasteiger partial charge in [-0.05, 0) is 38.5 Å². The number of halogens is 3. The van der Waals surface area contributed by atoms with Crippen LogP contribution >= 0.6 is 0 Å². The lowest BCUT2D eigenvalue weighted by Crippen LogP contribution is -2.19. The number of rotatable bonds is 3. The smallest absolute Gasteiger partial charge is 0.406 e. The molecule has 5 heteroatoms. The summed E-state index contributed by atoms with van der Waals surface area (Å²) >= 11 is 0. The van der Waals surface area contributed by atoms with Crippen molar-refractivity contribution in [1.29, 1.82) is 0 Å². The monoisotopic (exact) mass is 248 g/mol. The van der Waals surface area contributed by atoms with Crippen molar-refractivity contribution in [2.45, 2.75) is 39.3 Å². The number of hydrogen-bond donors (Lipinski definition) is 0. The second-order valence-corrected chi connectivity index (χ2v) is 4.59. The molecule has 1 aromatic carbocycles. The zero-order valence-corrected chi connectivity index (χ0v) is 9.97. The maximum Gasteiger partial charge on any atom is 0.573 e. The molecule has 0 spiro atoms. The van der Waals surface area contributed by atoms with Crippen molar-refractivity contribution < 1.29 is 22.6 Å². The molecule has 0 heterocycles. The van der Waals surface area contributed by atoms with Gasteiger partial charge in [-0.1, -0.05) is 12.1 Å². The van der Waals surface area contributed by atoms with Crippen molar-refractivity contribution in [3.8, 4) is 5.75 Å². The van der Waals surface area contributed by atoms with Crippen LogP contribution in [0.15, 0.2) is 24.3 Å². The summed E-state index contributed by atoms with van der Waals surface area (Å²) in [6.45, 7) is 6.09. The molecule has 0 saturated carbocycles. The highest BCUT2D eigenvalue weighted by molar-refractivity contribution is 5.27. The molecule has 1 aromatic rings. The first-order valence-corrected chi connectivity index (χ1v) is 5.14. The van der Waals surface area contributed by atoms with Crippen LogP contribution in [0.5, 0.6) is 5.75 Å². The summed E-state index contributed by atoms with van der Waals surface area (Å²) in [5, 5.41) is 0. The third-order valence-electron chi connectivity index (χ3n) is 1.83. The van der Waals surface area contributed by atoms with Crippen LogP contribution in [0, 0.1) is 0 Å². The van der Waals surface area contributed by atoms with Gasteiger partial charge in [-0.15, -0.1) is 13.2 Å². The van der Waals surface area contributed by atoms with E-state index in [1.54, 1.807) is 12.1 Å². The van der Waals surface area contributed by atoms with E-state index in [9.17, 15) is 13.2 Å². The van der Waals surface area contributed by atoms with Gasteiger partial charge in [0.2, 0.25) is 0 Å². The largest absolute Gasteiger partial charge is 0.573 e. The molecule has 0 aromatic heterocycles. The predicted octanol–water partition coefficient (Wildman–Crippen LogP) is 3.90. The highest BCUT2D eigenvalue weighted by Crippen LogP contribution is 2.23. The van der Waals surface area contributed by atoms with E-state index in [1.165, 1.54) is 12.1 Å². The highest BCUT2D eigenvalue weighted by atomic mass is 19.4. The Balaban J connectivity index is 2.56. The molecule has 0 bridgehead atoms. The van der Waals surface area contributed by atoms with Crippen molar-refractivity contribution in [2.24, 2.45) is 0 Å². The second kappa shape index (κ2) is 4.96. The SMILES string of the molecule is CC(C)(C)OCc1ccc(OC(F)(F)F)cc1. The van der Waals surface area contributed by atoms with Crippen LogP contribution in [-0.2, 0) is 11.3 Å². The van der Waals surface area contributed by atoms with E-state index in [0.29, 0.717) is 6.61 Å². The van der Waals surface area contributed by atoms with E-state index in [1.807, 2.05) is 20.8 Å². The maximum absolute atomic E-state index is 11.9. The molecule has 17 heavy (non-hydrogen) atoms. The third-order valence-corrected chi connectivity index (χ3v) is 1.83. The van der Waals surface area contributed by atoms with Crippen molar-refractivity contribution >= 4 is 0 Å². The molecule has 0 fully saturated rings. The second-order valence-electron chi connectivity index (χ2n) is 4.59. The van der Waals surface area contributed by atoms with Crippen molar-refractivity contribution in [2.75, 3.05) is 0 Å². The summed E-state index contributed by atoms with van der Waals surface area (Å²) in [6.07, 6.45) is -4.65. The van der Waals surface area contributed by atoms with E-state index in [-0.39, 0.29) is 11.4 Å². The zero-order chi connectivity index (χ0) is 13.1. The summed E-state index contributed by atoms with van der Waals surface area (Å²) in [5.74, 6) is -0.225. The third kappa shape index (κ3) is 6.16. The fourth-order valence-electron chi connectivity index (χ4n) is 1.09. The quantitative estimate of drug-likeness (QED) is 0.807. The summed E-state index contributed by atoms with van der Waals surface area (Å²) in [5.41, 5.74) is 0.524. The zero-order valence-electron chi connectivity index (χ0n) is 9.97. The molecule has 0 aliphatic rings. The minimum absolute atomic E-state index is 0.225. The van der Waals surface area contributed by atoms with Gasteiger partial charge in [-0.25, -0.2) is 0 Å². The Morgan fingerprint density at radius 1 is 1.00 bits per heavy atom. The molecular formula is C12H15F3O2. The van der Waals surface area contributed by atoms with Gasteiger partial charge in [-0.2, -0.15) is 0 Å². The Morgan fingerprint density at radius 3 is 1.94 bits per heavy atom. The van der Waals surface area contributed by atoms with E-state index in [2.05, 4.69) is 4.74 Å². The van der Waals surface area contributed by atoms with Gasteiger partial charge in [0.15, 0.2) is 0 Å². The van der Waals surface area contributed by atoms with E-state index >= 15 is 0 Å². The van der Waals surface area contributed by atoms with Crippen LogP contribution in [-0.4, -0.2) is 12.0 Å². The molecule has 0 unspecified atom stereocenters. The van der Waals surface area contributed by atoms with Crippen molar-refractivity contribution in [3.05, 3.63) is 29.8 Å². The maximum atomic E-state index is 11.9. The fraction of sp³-hybridized carbons (Fsp3) is 0.500. The first kappa shape index (κ1) is 13.8. The molecular weight excluding hydrogens is 233 g/mol. The molecule has 0 aliphatic carbocycles.